The van der Waals surface area contributed by atoms with E-state index in [0.717, 1.165) is 0 Å². The van der Waals surface area contributed by atoms with E-state index in [1.165, 1.54) is 4.90 Å². The second-order valence-corrected chi connectivity index (χ2v) is 4.80. The highest BCUT2D eigenvalue weighted by molar-refractivity contribution is 5.98. The van der Waals surface area contributed by atoms with Gasteiger partial charge in [0.25, 0.3) is 5.91 Å². The van der Waals surface area contributed by atoms with Gasteiger partial charge in [0.05, 0.1) is 12.2 Å². The summed E-state index contributed by atoms with van der Waals surface area (Å²) in [7, 11) is 3.26. The Morgan fingerprint density at radius 3 is 2.71 bits per heavy atom. The number of nitrogens with zero attached hydrogens (tertiary/aromatic N) is 3. The van der Waals surface area contributed by atoms with Crippen molar-refractivity contribution in [2.75, 3.05) is 24.6 Å². The second kappa shape index (κ2) is 5.70. The summed E-state index contributed by atoms with van der Waals surface area (Å²) >= 11 is 0. The third-order valence-corrected chi connectivity index (χ3v) is 2.87. The van der Waals surface area contributed by atoms with Crippen molar-refractivity contribution in [2.45, 2.75) is 6.92 Å². The summed E-state index contributed by atoms with van der Waals surface area (Å²) in [6.07, 6.45) is 1.64. The van der Waals surface area contributed by atoms with Crippen LogP contribution in [0.25, 0.3) is 0 Å². The number of anilines is 2. The van der Waals surface area contributed by atoms with Crippen molar-refractivity contribution in [1.82, 2.24) is 14.6 Å². The highest BCUT2D eigenvalue weighted by Crippen LogP contribution is 2.11. The average Bonchev–Trinajstić information content (AvgIpc) is 2.94. The summed E-state index contributed by atoms with van der Waals surface area (Å²) in [6.45, 7) is 1.62. The third-order valence-electron chi connectivity index (χ3n) is 2.87. The van der Waals surface area contributed by atoms with Gasteiger partial charge in [0.1, 0.15) is 11.5 Å². The quantitative estimate of drug-likeness (QED) is 0.858. The van der Waals surface area contributed by atoms with Gasteiger partial charge in [-0.3, -0.25) is 9.59 Å². The molecule has 0 aliphatic carbocycles. The lowest BCUT2D eigenvalue weighted by Crippen LogP contribution is -2.35. The minimum atomic E-state index is -0.360. The van der Waals surface area contributed by atoms with Crippen LogP contribution in [0.2, 0.25) is 0 Å². The maximum absolute atomic E-state index is 12.2. The Balaban J connectivity index is 1.97. The Kier molecular flexibility index (Phi) is 3.97. The number of carbonyl (C=O) groups is 2. The SMILES string of the molecule is Cc1cc(NC(=O)CN(C)C(=O)c2cc(N)cn2C)no1. The molecule has 8 heteroatoms. The van der Waals surface area contributed by atoms with E-state index >= 15 is 0 Å². The van der Waals surface area contributed by atoms with E-state index in [1.54, 1.807) is 43.9 Å². The molecule has 3 N–H and O–H groups in total. The summed E-state index contributed by atoms with van der Waals surface area (Å²) < 4.78 is 6.46. The van der Waals surface area contributed by atoms with Crippen LogP contribution < -0.4 is 11.1 Å². The molecule has 2 rings (SSSR count). The van der Waals surface area contributed by atoms with E-state index < -0.39 is 0 Å². The molecule has 0 saturated heterocycles. The van der Waals surface area contributed by atoms with E-state index in [0.29, 0.717) is 23.0 Å². The van der Waals surface area contributed by atoms with Gasteiger partial charge in [-0.1, -0.05) is 5.16 Å². The zero-order valence-electron chi connectivity index (χ0n) is 12.1. The molecule has 112 valence electrons. The average molecular weight is 291 g/mol. The standard InChI is InChI=1S/C13H17N5O3/c1-8-4-11(16-21-8)15-12(19)7-18(3)13(20)10-5-9(14)6-17(10)2/h4-6H,7,14H2,1-3H3,(H,15,16,19). The fourth-order valence-corrected chi connectivity index (χ4v) is 1.89. The normalized spacial score (nSPS) is 10.4. The van der Waals surface area contributed by atoms with Crippen molar-refractivity contribution in [1.29, 1.82) is 0 Å². The lowest BCUT2D eigenvalue weighted by atomic mass is 10.3. The predicted molar refractivity (Wildman–Crippen MR) is 76.7 cm³/mol. The Morgan fingerprint density at radius 1 is 1.48 bits per heavy atom. The van der Waals surface area contributed by atoms with E-state index in [9.17, 15) is 9.59 Å². The van der Waals surface area contributed by atoms with Gasteiger partial charge in [0, 0.05) is 26.4 Å². The lowest BCUT2D eigenvalue weighted by molar-refractivity contribution is -0.116. The van der Waals surface area contributed by atoms with Gasteiger partial charge >= 0.3 is 0 Å². The van der Waals surface area contributed by atoms with Crippen LogP contribution in [-0.2, 0) is 11.8 Å². The number of hydrogen-bond acceptors (Lipinski definition) is 5. The van der Waals surface area contributed by atoms with Crippen LogP contribution in [0.4, 0.5) is 11.5 Å². The molecule has 0 fully saturated rings. The number of rotatable bonds is 4. The predicted octanol–water partition coefficient (Wildman–Crippen LogP) is 0.614. The Morgan fingerprint density at radius 2 is 2.19 bits per heavy atom. The van der Waals surface area contributed by atoms with Gasteiger partial charge in [-0.2, -0.15) is 0 Å². The minimum Gasteiger partial charge on any atom is -0.397 e. The highest BCUT2D eigenvalue weighted by Gasteiger charge is 2.18. The second-order valence-electron chi connectivity index (χ2n) is 4.80. The fourth-order valence-electron chi connectivity index (χ4n) is 1.89. The smallest absolute Gasteiger partial charge is 0.270 e. The molecule has 0 atom stereocenters. The number of aromatic nitrogens is 2. The first-order chi connectivity index (χ1) is 9.86. The van der Waals surface area contributed by atoms with Gasteiger partial charge in [0.15, 0.2) is 5.82 Å². The van der Waals surface area contributed by atoms with Crippen molar-refractivity contribution >= 4 is 23.3 Å². The summed E-state index contributed by atoms with van der Waals surface area (Å²) in [5.41, 5.74) is 6.55. The Bertz CT molecular complexity index is 673. The Hall–Kier alpha value is -2.77. The molecule has 0 spiro atoms. The van der Waals surface area contributed by atoms with E-state index in [2.05, 4.69) is 10.5 Å². The van der Waals surface area contributed by atoms with E-state index in [1.807, 2.05) is 0 Å². The highest BCUT2D eigenvalue weighted by atomic mass is 16.5. The topological polar surface area (TPSA) is 106 Å². The summed E-state index contributed by atoms with van der Waals surface area (Å²) in [4.78, 5) is 25.3. The van der Waals surface area contributed by atoms with Crippen molar-refractivity contribution in [2.24, 2.45) is 7.05 Å². The summed E-state index contributed by atoms with van der Waals surface area (Å²) in [6, 6.07) is 3.16. The summed E-state index contributed by atoms with van der Waals surface area (Å²) in [5, 5.41) is 6.20. The van der Waals surface area contributed by atoms with Gasteiger partial charge in [-0.15, -0.1) is 0 Å². The molecular weight excluding hydrogens is 274 g/mol. The molecule has 0 radical (unpaired) electrons. The molecule has 0 saturated carbocycles. The number of nitrogens with two attached hydrogens (primary N) is 1. The van der Waals surface area contributed by atoms with E-state index in [-0.39, 0.29) is 18.4 Å². The molecule has 2 heterocycles. The molecule has 0 aromatic carbocycles. The molecule has 0 bridgehead atoms. The zero-order chi connectivity index (χ0) is 15.6. The minimum absolute atomic E-state index is 0.101. The molecule has 21 heavy (non-hydrogen) atoms. The molecule has 0 unspecified atom stereocenters. The summed E-state index contributed by atoms with van der Waals surface area (Å²) in [5.74, 6) is 0.262. The molecule has 2 aromatic rings. The number of amides is 2. The number of nitrogen functional groups attached to an aromatic ring is 1. The van der Waals surface area contributed by atoms with Crippen LogP contribution in [0.3, 0.4) is 0 Å². The molecule has 0 aliphatic heterocycles. The van der Waals surface area contributed by atoms with Crippen LogP contribution in [0.1, 0.15) is 16.2 Å². The van der Waals surface area contributed by atoms with Gasteiger partial charge in [-0.25, -0.2) is 0 Å². The van der Waals surface area contributed by atoms with Gasteiger partial charge in [-0.05, 0) is 13.0 Å². The fraction of sp³-hybridized carbons (Fsp3) is 0.308. The first-order valence-electron chi connectivity index (χ1n) is 6.27. The maximum Gasteiger partial charge on any atom is 0.270 e. The van der Waals surface area contributed by atoms with Crippen LogP contribution in [0.5, 0.6) is 0 Å². The van der Waals surface area contributed by atoms with Crippen molar-refractivity contribution in [3.8, 4) is 0 Å². The van der Waals surface area contributed by atoms with Crippen LogP contribution >= 0.6 is 0 Å². The van der Waals surface area contributed by atoms with Crippen molar-refractivity contribution in [3.63, 3.8) is 0 Å². The molecule has 2 aromatic heterocycles. The molecule has 0 aliphatic rings. The number of likely N-dealkylation sites (N-methyl/N-ethyl adjacent to an activating group) is 1. The zero-order valence-corrected chi connectivity index (χ0v) is 12.1. The first kappa shape index (κ1) is 14.6. The number of carbonyl (C=O) groups excluding carboxylic acids is 2. The van der Waals surface area contributed by atoms with Crippen molar-refractivity contribution < 1.29 is 14.1 Å². The molecule has 8 nitrogen and oxygen atoms in total. The number of hydrogen-bond donors (Lipinski definition) is 2. The van der Waals surface area contributed by atoms with Crippen LogP contribution in [-0.4, -0.2) is 40.0 Å². The third kappa shape index (κ3) is 3.41. The monoisotopic (exact) mass is 291 g/mol. The number of aryl methyl sites for hydroxylation is 2. The van der Waals surface area contributed by atoms with Crippen LogP contribution in [0.15, 0.2) is 22.9 Å². The molecular formula is C13H17N5O3. The largest absolute Gasteiger partial charge is 0.397 e. The van der Waals surface area contributed by atoms with Gasteiger partial charge in [0.2, 0.25) is 5.91 Å². The van der Waals surface area contributed by atoms with E-state index in [4.69, 9.17) is 10.3 Å². The maximum atomic E-state index is 12.2. The number of nitrogens with one attached hydrogen (secondary N) is 1. The van der Waals surface area contributed by atoms with Crippen molar-refractivity contribution in [3.05, 3.63) is 29.8 Å². The van der Waals surface area contributed by atoms with Gasteiger partial charge < -0.3 is 25.0 Å². The first-order valence-corrected chi connectivity index (χ1v) is 6.27. The van der Waals surface area contributed by atoms with Crippen LogP contribution in [0, 0.1) is 6.92 Å². The lowest BCUT2D eigenvalue weighted by Gasteiger charge is -2.16. The molecule has 2 amide bonds. The Labute approximate surface area is 121 Å².